The second-order valence-corrected chi connectivity index (χ2v) is 9.01. The van der Waals surface area contributed by atoms with Gasteiger partial charge in [0.1, 0.15) is 28.4 Å². The monoisotopic (exact) mass is 542 g/mol. The van der Waals surface area contributed by atoms with Gasteiger partial charge in [0.2, 0.25) is 0 Å². The molecule has 3 N–H and O–H groups in total. The Morgan fingerprint density at radius 1 is 1.26 bits per heavy atom. The molecule has 0 unspecified atom stereocenters. The van der Waals surface area contributed by atoms with Crippen LogP contribution in [0.3, 0.4) is 0 Å². The summed E-state index contributed by atoms with van der Waals surface area (Å²) in [7, 11) is 1.29. The van der Waals surface area contributed by atoms with Gasteiger partial charge in [-0.15, -0.1) is 12.4 Å². The zero-order valence-electron chi connectivity index (χ0n) is 17.7. The molecule has 3 rings (SSSR count). The number of nitrogens with two attached hydrogens (primary N) is 1. The number of carbonyl (C=O) groups is 3. The average Bonchev–Trinajstić information content (AvgIpc) is 3.03. The molecule has 0 spiro atoms. The minimum atomic E-state index is -1.14. The van der Waals surface area contributed by atoms with E-state index < -0.39 is 30.4 Å². The molecule has 0 aliphatic carbocycles. The highest BCUT2D eigenvalue weighted by atomic mass is 35.5. The maximum atomic E-state index is 12.4. The Hall–Kier alpha value is -2.63. The van der Waals surface area contributed by atoms with Gasteiger partial charge in [-0.25, -0.2) is 0 Å². The van der Waals surface area contributed by atoms with Gasteiger partial charge in [-0.1, -0.05) is 53.8 Å². The van der Waals surface area contributed by atoms with Gasteiger partial charge in [-0.05, 0) is 47.9 Å². The highest BCUT2D eigenvalue weighted by Crippen LogP contribution is 2.35. The van der Waals surface area contributed by atoms with Crippen molar-refractivity contribution in [3.8, 4) is 11.5 Å². The number of carboxylic acid groups (broad SMARTS) is 1. The normalized spacial score (nSPS) is 15.1. The van der Waals surface area contributed by atoms with Crippen LogP contribution in [-0.2, 0) is 25.5 Å². The molecule has 1 fully saturated rings. The predicted octanol–water partition coefficient (Wildman–Crippen LogP) is 3.88. The van der Waals surface area contributed by atoms with Crippen LogP contribution in [0.15, 0.2) is 47.4 Å². The zero-order chi connectivity index (χ0) is 24.1. The first-order chi connectivity index (χ1) is 15.7. The summed E-state index contributed by atoms with van der Waals surface area (Å²) in [6.45, 7) is -0.483. The van der Waals surface area contributed by atoms with E-state index in [0.29, 0.717) is 33.4 Å². The second kappa shape index (κ2) is 12.2. The summed E-state index contributed by atoms with van der Waals surface area (Å²) in [4.78, 5) is 36.1. The summed E-state index contributed by atoms with van der Waals surface area (Å²) in [6, 6.07) is 11.3. The second-order valence-electron chi connectivity index (χ2n) is 6.93. The van der Waals surface area contributed by atoms with E-state index in [9.17, 15) is 14.4 Å². The predicted molar refractivity (Wildman–Crippen MR) is 136 cm³/mol. The number of carbonyl (C=O) groups excluding carboxylic acids is 2. The molecule has 1 atom stereocenters. The smallest absolute Gasteiger partial charge is 0.323 e. The third-order valence-corrected chi connectivity index (χ3v) is 6.20. The van der Waals surface area contributed by atoms with Crippen molar-refractivity contribution in [1.29, 1.82) is 0 Å². The number of ether oxygens (including phenoxy) is 2. The van der Waals surface area contributed by atoms with Crippen molar-refractivity contribution in [1.82, 2.24) is 4.90 Å². The number of nitrogens with zero attached hydrogens (tertiary/aromatic N) is 1. The average molecular weight is 543 g/mol. The number of esters is 1. The van der Waals surface area contributed by atoms with Gasteiger partial charge in [-0.3, -0.25) is 19.3 Å². The van der Waals surface area contributed by atoms with E-state index in [1.54, 1.807) is 48.5 Å². The molecule has 0 bridgehead atoms. The SMILES string of the molecule is COC(=O)[C@@H](N)Cc1ccc(Oc2ccc(/C=C3\SC(=S)N(CC(=O)O)C3=O)cc2Cl)cc1.Cl. The van der Waals surface area contributed by atoms with Crippen molar-refractivity contribution in [3.05, 3.63) is 63.5 Å². The maximum Gasteiger partial charge on any atom is 0.323 e. The van der Waals surface area contributed by atoms with Crippen LogP contribution >= 0.6 is 48.0 Å². The molecular weight excluding hydrogens is 523 g/mol. The first kappa shape index (κ1) is 27.6. The number of amides is 1. The number of thiocarbonyl (C=S) groups is 1. The molecule has 0 saturated carbocycles. The first-order valence-corrected chi connectivity index (χ1v) is 11.1. The summed E-state index contributed by atoms with van der Waals surface area (Å²) in [6.07, 6.45) is 1.93. The van der Waals surface area contributed by atoms with Gasteiger partial charge in [0.25, 0.3) is 5.91 Å². The van der Waals surface area contributed by atoms with Crippen LogP contribution in [0.4, 0.5) is 0 Å². The van der Waals surface area contributed by atoms with Crippen LogP contribution < -0.4 is 10.5 Å². The van der Waals surface area contributed by atoms with E-state index in [4.69, 9.17) is 39.4 Å². The Bertz CT molecular complexity index is 1140. The van der Waals surface area contributed by atoms with Crippen LogP contribution in [0, 0.1) is 0 Å². The molecule has 34 heavy (non-hydrogen) atoms. The molecule has 1 heterocycles. The Labute approximate surface area is 216 Å². The summed E-state index contributed by atoms with van der Waals surface area (Å²) >= 11 is 12.5. The molecule has 1 amide bonds. The minimum Gasteiger partial charge on any atom is -0.480 e. The van der Waals surface area contributed by atoms with Crippen LogP contribution in [0.25, 0.3) is 6.08 Å². The van der Waals surface area contributed by atoms with Gasteiger partial charge in [-0.2, -0.15) is 0 Å². The van der Waals surface area contributed by atoms with Gasteiger partial charge in [0.15, 0.2) is 0 Å². The number of carboxylic acids is 1. The lowest BCUT2D eigenvalue weighted by molar-refractivity contribution is -0.142. The van der Waals surface area contributed by atoms with Crippen LogP contribution in [-0.4, -0.2) is 51.9 Å². The molecule has 8 nitrogen and oxygen atoms in total. The third kappa shape index (κ3) is 6.94. The number of aliphatic carboxylic acids is 1. The van der Waals surface area contributed by atoms with Gasteiger partial charge >= 0.3 is 11.9 Å². The van der Waals surface area contributed by atoms with Crippen molar-refractivity contribution < 1.29 is 29.0 Å². The van der Waals surface area contributed by atoms with E-state index in [0.717, 1.165) is 22.2 Å². The third-order valence-electron chi connectivity index (χ3n) is 4.53. The Kier molecular flexibility index (Phi) is 9.90. The fourth-order valence-electron chi connectivity index (χ4n) is 2.92. The summed E-state index contributed by atoms with van der Waals surface area (Å²) in [5, 5.41) is 9.24. The largest absolute Gasteiger partial charge is 0.480 e. The van der Waals surface area contributed by atoms with Crippen LogP contribution in [0.5, 0.6) is 11.5 Å². The molecule has 1 saturated heterocycles. The van der Waals surface area contributed by atoms with E-state index in [1.807, 2.05) is 0 Å². The lowest BCUT2D eigenvalue weighted by atomic mass is 10.1. The van der Waals surface area contributed by atoms with Crippen LogP contribution in [0.1, 0.15) is 11.1 Å². The lowest BCUT2D eigenvalue weighted by Gasteiger charge is -2.11. The van der Waals surface area contributed by atoms with E-state index in [1.165, 1.54) is 7.11 Å². The number of hydrogen-bond donors (Lipinski definition) is 2. The molecule has 2 aromatic carbocycles. The fourth-order valence-corrected chi connectivity index (χ4v) is 4.40. The molecule has 12 heteroatoms. The van der Waals surface area contributed by atoms with Gasteiger partial charge in [0.05, 0.1) is 17.0 Å². The molecule has 2 aromatic rings. The minimum absolute atomic E-state index is 0. The van der Waals surface area contributed by atoms with Crippen molar-refractivity contribution in [2.45, 2.75) is 12.5 Å². The molecule has 1 aliphatic rings. The van der Waals surface area contributed by atoms with E-state index >= 15 is 0 Å². The Balaban J connectivity index is 0.00000408. The van der Waals surface area contributed by atoms with E-state index in [2.05, 4.69) is 4.74 Å². The number of hydrogen-bond acceptors (Lipinski definition) is 8. The number of halogens is 2. The van der Waals surface area contributed by atoms with Crippen molar-refractivity contribution in [2.24, 2.45) is 5.73 Å². The summed E-state index contributed by atoms with van der Waals surface area (Å²) in [5.41, 5.74) is 7.26. The fraction of sp³-hybridized carbons (Fsp3) is 0.182. The lowest BCUT2D eigenvalue weighted by Crippen LogP contribution is -2.33. The quantitative estimate of drug-likeness (QED) is 0.290. The standard InChI is InChI=1S/C22H19ClN2O6S2.ClH/c1-30-21(29)16(24)9-12-2-5-14(6-3-12)31-17-7-4-13(8-15(17)23)10-18-20(28)25(11-19(26)27)22(32)33-18;/h2-8,10,16H,9,11,24H2,1H3,(H,26,27);1H/b18-10-;/t16-;/m0./s1. The number of benzene rings is 2. The summed E-state index contributed by atoms with van der Waals surface area (Å²) < 4.78 is 10.6. The first-order valence-electron chi connectivity index (χ1n) is 9.55. The Morgan fingerprint density at radius 3 is 2.53 bits per heavy atom. The molecule has 1 aliphatic heterocycles. The topological polar surface area (TPSA) is 119 Å². The van der Waals surface area contributed by atoms with Gasteiger partial charge in [0, 0.05) is 0 Å². The molecular formula is C22H20Cl2N2O6S2. The molecule has 0 aromatic heterocycles. The van der Waals surface area contributed by atoms with Crippen molar-refractivity contribution >= 4 is 76.2 Å². The molecule has 0 radical (unpaired) electrons. The molecule has 180 valence electrons. The van der Waals surface area contributed by atoms with Gasteiger partial charge < -0.3 is 20.3 Å². The number of methoxy groups -OCH3 is 1. The zero-order valence-corrected chi connectivity index (χ0v) is 20.9. The summed E-state index contributed by atoms with van der Waals surface area (Å²) in [5.74, 6) is -1.14. The maximum absolute atomic E-state index is 12.4. The highest BCUT2D eigenvalue weighted by molar-refractivity contribution is 8.26. The number of thioether (sulfide) groups is 1. The van der Waals surface area contributed by atoms with Crippen molar-refractivity contribution in [2.75, 3.05) is 13.7 Å². The highest BCUT2D eigenvalue weighted by Gasteiger charge is 2.33. The van der Waals surface area contributed by atoms with Crippen molar-refractivity contribution in [3.63, 3.8) is 0 Å². The van der Waals surface area contributed by atoms with E-state index in [-0.39, 0.29) is 16.7 Å². The number of rotatable bonds is 8. The Morgan fingerprint density at radius 2 is 1.94 bits per heavy atom. The van der Waals surface area contributed by atoms with Crippen LogP contribution in [0.2, 0.25) is 5.02 Å².